The zero-order chi connectivity index (χ0) is 19.3. The third-order valence-electron chi connectivity index (χ3n) is 5.22. The van der Waals surface area contributed by atoms with Gasteiger partial charge in [0.25, 0.3) is 5.91 Å². The van der Waals surface area contributed by atoms with E-state index in [9.17, 15) is 4.79 Å². The molecule has 0 saturated carbocycles. The van der Waals surface area contributed by atoms with Crippen molar-refractivity contribution in [3.8, 4) is 22.7 Å². The van der Waals surface area contributed by atoms with E-state index in [1.54, 1.807) is 11.8 Å². The molecule has 0 spiro atoms. The van der Waals surface area contributed by atoms with Crippen molar-refractivity contribution in [2.45, 2.75) is 25.7 Å². The van der Waals surface area contributed by atoms with E-state index in [1.165, 1.54) is 12.8 Å². The number of hydrogen-bond acceptors (Lipinski definition) is 3. The SMILES string of the molecule is COc1ccc(-c2nn(-c3ccccc3)cc2C(=O)N2CCCCCC2)cc1. The van der Waals surface area contributed by atoms with Crippen LogP contribution in [0.15, 0.2) is 60.8 Å². The summed E-state index contributed by atoms with van der Waals surface area (Å²) in [6.45, 7) is 1.63. The lowest BCUT2D eigenvalue weighted by atomic mass is 10.1. The number of amides is 1. The first-order chi connectivity index (χ1) is 13.8. The highest BCUT2D eigenvalue weighted by Gasteiger charge is 2.24. The Labute approximate surface area is 165 Å². The minimum absolute atomic E-state index is 0.0647. The predicted molar refractivity (Wildman–Crippen MR) is 110 cm³/mol. The summed E-state index contributed by atoms with van der Waals surface area (Å²) in [6.07, 6.45) is 6.38. The number of nitrogens with zero attached hydrogens (tertiary/aromatic N) is 3. The summed E-state index contributed by atoms with van der Waals surface area (Å²) in [5.41, 5.74) is 3.21. The van der Waals surface area contributed by atoms with Crippen molar-refractivity contribution in [3.05, 3.63) is 66.4 Å². The normalized spacial score (nSPS) is 14.5. The lowest BCUT2D eigenvalue weighted by Gasteiger charge is -2.20. The van der Waals surface area contributed by atoms with Gasteiger partial charge in [-0.2, -0.15) is 5.10 Å². The number of rotatable bonds is 4. The summed E-state index contributed by atoms with van der Waals surface area (Å²) in [5.74, 6) is 0.849. The largest absolute Gasteiger partial charge is 0.497 e. The fraction of sp³-hybridized carbons (Fsp3) is 0.304. The van der Waals surface area contributed by atoms with Crippen molar-refractivity contribution in [2.24, 2.45) is 0 Å². The summed E-state index contributed by atoms with van der Waals surface area (Å²) < 4.78 is 7.06. The molecular weight excluding hydrogens is 350 g/mol. The number of hydrogen-bond donors (Lipinski definition) is 0. The average Bonchev–Trinajstić information content (AvgIpc) is 3.02. The molecule has 1 amide bonds. The van der Waals surface area contributed by atoms with Gasteiger partial charge in [-0.05, 0) is 49.2 Å². The Morgan fingerprint density at radius 1 is 0.929 bits per heavy atom. The van der Waals surface area contributed by atoms with Crippen LogP contribution in [0.4, 0.5) is 0 Å². The Kier molecular flexibility index (Phi) is 5.42. The van der Waals surface area contributed by atoms with Crippen LogP contribution < -0.4 is 4.74 Å². The molecule has 2 heterocycles. The molecule has 1 fully saturated rings. The molecule has 1 aliphatic heterocycles. The van der Waals surface area contributed by atoms with Crippen molar-refractivity contribution >= 4 is 5.91 Å². The molecular formula is C23H25N3O2. The summed E-state index contributed by atoms with van der Waals surface area (Å²) >= 11 is 0. The van der Waals surface area contributed by atoms with Crippen LogP contribution in [0, 0.1) is 0 Å². The van der Waals surface area contributed by atoms with E-state index in [2.05, 4.69) is 0 Å². The van der Waals surface area contributed by atoms with Crippen LogP contribution in [-0.4, -0.2) is 40.8 Å². The number of carbonyl (C=O) groups excluding carboxylic acids is 1. The monoisotopic (exact) mass is 375 g/mol. The van der Waals surface area contributed by atoms with Gasteiger partial charge in [-0.3, -0.25) is 4.79 Å². The first-order valence-corrected chi connectivity index (χ1v) is 9.85. The molecule has 0 N–H and O–H groups in total. The first-order valence-electron chi connectivity index (χ1n) is 9.85. The lowest BCUT2D eigenvalue weighted by Crippen LogP contribution is -2.31. The van der Waals surface area contributed by atoms with Gasteiger partial charge in [0.15, 0.2) is 0 Å². The second-order valence-corrected chi connectivity index (χ2v) is 7.11. The van der Waals surface area contributed by atoms with E-state index in [4.69, 9.17) is 9.84 Å². The third-order valence-corrected chi connectivity index (χ3v) is 5.22. The van der Waals surface area contributed by atoms with Gasteiger partial charge in [-0.1, -0.05) is 31.0 Å². The summed E-state index contributed by atoms with van der Waals surface area (Å²) in [4.78, 5) is 15.3. The molecule has 1 aliphatic rings. The molecule has 5 nitrogen and oxygen atoms in total. The molecule has 1 aromatic heterocycles. The molecule has 28 heavy (non-hydrogen) atoms. The molecule has 0 radical (unpaired) electrons. The van der Waals surface area contributed by atoms with Crippen molar-refractivity contribution in [1.82, 2.24) is 14.7 Å². The van der Waals surface area contributed by atoms with Gasteiger partial charge in [0.1, 0.15) is 11.4 Å². The molecule has 1 saturated heterocycles. The summed E-state index contributed by atoms with van der Waals surface area (Å²) in [5, 5.41) is 4.77. The topological polar surface area (TPSA) is 47.4 Å². The fourth-order valence-corrected chi connectivity index (χ4v) is 3.65. The number of para-hydroxylation sites is 1. The Hall–Kier alpha value is -3.08. The van der Waals surface area contributed by atoms with E-state index in [0.29, 0.717) is 11.3 Å². The number of ether oxygens (including phenoxy) is 1. The van der Waals surface area contributed by atoms with Crippen LogP contribution in [0.5, 0.6) is 5.75 Å². The number of benzene rings is 2. The highest BCUT2D eigenvalue weighted by Crippen LogP contribution is 2.27. The predicted octanol–water partition coefficient (Wildman–Crippen LogP) is 4.56. The molecule has 4 rings (SSSR count). The first kappa shape index (κ1) is 18.3. The Balaban J connectivity index is 1.76. The van der Waals surface area contributed by atoms with E-state index < -0.39 is 0 Å². The number of methoxy groups -OCH3 is 1. The molecule has 0 bridgehead atoms. The van der Waals surface area contributed by atoms with Gasteiger partial charge >= 0.3 is 0 Å². The Morgan fingerprint density at radius 2 is 1.61 bits per heavy atom. The number of carbonyl (C=O) groups is 1. The van der Waals surface area contributed by atoms with Crippen molar-refractivity contribution in [1.29, 1.82) is 0 Å². The molecule has 0 aliphatic carbocycles. The average molecular weight is 375 g/mol. The minimum atomic E-state index is 0.0647. The van der Waals surface area contributed by atoms with E-state index >= 15 is 0 Å². The van der Waals surface area contributed by atoms with Gasteiger partial charge in [-0.25, -0.2) is 4.68 Å². The van der Waals surface area contributed by atoms with E-state index in [1.807, 2.05) is 65.7 Å². The van der Waals surface area contributed by atoms with Crippen LogP contribution in [0.1, 0.15) is 36.0 Å². The Bertz CT molecular complexity index is 924. The maximum atomic E-state index is 13.4. The quantitative estimate of drug-likeness (QED) is 0.671. The smallest absolute Gasteiger partial charge is 0.257 e. The van der Waals surface area contributed by atoms with Crippen LogP contribution >= 0.6 is 0 Å². The van der Waals surface area contributed by atoms with Gasteiger partial charge in [0.2, 0.25) is 0 Å². The maximum Gasteiger partial charge on any atom is 0.257 e. The van der Waals surface area contributed by atoms with Crippen molar-refractivity contribution < 1.29 is 9.53 Å². The maximum absolute atomic E-state index is 13.4. The van der Waals surface area contributed by atoms with Gasteiger partial charge in [-0.15, -0.1) is 0 Å². The van der Waals surface area contributed by atoms with Crippen LogP contribution in [0.25, 0.3) is 16.9 Å². The third kappa shape index (κ3) is 3.79. The minimum Gasteiger partial charge on any atom is -0.497 e. The highest BCUT2D eigenvalue weighted by atomic mass is 16.5. The Morgan fingerprint density at radius 3 is 2.25 bits per heavy atom. The van der Waals surface area contributed by atoms with E-state index in [-0.39, 0.29) is 5.91 Å². The van der Waals surface area contributed by atoms with Gasteiger partial charge in [0.05, 0.1) is 18.4 Å². The fourth-order valence-electron chi connectivity index (χ4n) is 3.65. The molecule has 3 aromatic rings. The molecule has 144 valence electrons. The van der Waals surface area contributed by atoms with Crippen LogP contribution in [-0.2, 0) is 0 Å². The van der Waals surface area contributed by atoms with Crippen LogP contribution in [0.2, 0.25) is 0 Å². The zero-order valence-corrected chi connectivity index (χ0v) is 16.2. The zero-order valence-electron chi connectivity index (χ0n) is 16.2. The van der Waals surface area contributed by atoms with Crippen LogP contribution in [0.3, 0.4) is 0 Å². The second kappa shape index (κ2) is 8.30. The lowest BCUT2D eigenvalue weighted by molar-refractivity contribution is 0.0762. The van der Waals surface area contributed by atoms with Gasteiger partial charge in [0, 0.05) is 24.8 Å². The van der Waals surface area contributed by atoms with Crippen molar-refractivity contribution in [3.63, 3.8) is 0 Å². The molecule has 0 unspecified atom stereocenters. The standard InChI is InChI=1S/C23H25N3O2/c1-28-20-13-11-18(12-14-20)22-21(23(27)25-15-7-2-3-8-16-25)17-26(24-22)19-9-5-4-6-10-19/h4-6,9-14,17H,2-3,7-8,15-16H2,1H3. The number of aromatic nitrogens is 2. The highest BCUT2D eigenvalue weighted by molar-refractivity contribution is 6.00. The molecule has 5 heteroatoms. The molecule has 2 aromatic carbocycles. The molecule has 0 atom stereocenters. The van der Waals surface area contributed by atoms with Crippen molar-refractivity contribution in [2.75, 3.05) is 20.2 Å². The summed E-state index contributed by atoms with van der Waals surface area (Å²) in [7, 11) is 1.65. The summed E-state index contributed by atoms with van der Waals surface area (Å²) in [6, 6.07) is 17.6. The second-order valence-electron chi connectivity index (χ2n) is 7.11. The van der Waals surface area contributed by atoms with E-state index in [0.717, 1.165) is 42.9 Å². The number of likely N-dealkylation sites (tertiary alicyclic amines) is 1. The van der Waals surface area contributed by atoms with Gasteiger partial charge < -0.3 is 9.64 Å².